The first-order valence-electron chi connectivity index (χ1n) is 5.23. The third-order valence-electron chi connectivity index (χ3n) is 3.22. The molecule has 4 heteroatoms. The summed E-state index contributed by atoms with van der Waals surface area (Å²) in [6.45, 7) is 1.62. The number of furan rings is 1. The monoisotopic (exact) mass is 211 g/mol. The minimum Gasteiger partial charge on any atom is -0.472 e. The molecule has 15 heavy (non-hydrogen) atoms. The van der Waals surface area contributed by atoms with Crippen LogP contribution < -0.4 is 0 Å². The molecule has 1 saturated heterocycles. The molecule has 1 aliphatic rings. The van der Waals surface area contributed by atoms with Gasteiger partial charge in [0.25, 0.3) is 0 Å². The topological polar surface area (TPSA) is 56.8 Å². The molecule has 0 radical (unpaired) electrons. The molecule has 1 unspecified atom stereocenters. The Morgan fingerprint density at radius 3 is 2.67 bits per heavy atom. The molecule has 84 valence electrons. The van der Waals surface area contributed by atoms with Gasteiger partial charge in [-0.3, -0.25) is 0 Å². The van der Waals surface area contributed by atoms with Crippen LogP contribution in [0.5, 0.6) is 0 Å². The van der Waals surface area contributed by atoms with Crippen molar-refractivity contribution in [3.8, 4) is 0 Å². The van der Waals surface area contributed by atoms with Gasteiger partial charge in [0.05, 0.1) is 18.1 Å². The summed E-state index contributed by atoms with van der Waals surface area (Å²) in [6, 6.07) is 1.70. The lowest BCUT2D eigenvalue weighted by molar-refractivity contribution is -0.108. The third-order valence-corrected chi connectivity index (χ3v) is 3.22. The third kappa shape index (κ3) is 2.07. The first-order chi connectivity index (χ1) is 7.12. The van der Waals surface area contributed by atoms with E-state index < -0.39 is 11.7 Å². The number of aliphatic hydroxyl groups is 2. The Morgan fingerprint density at radius 1 is 1.47 bits per heavy atom. The van der Waals surface area contributed by atoms with E-state index in [1.54, 1.807) is 6.07 Å². The normalized spacial score (nSPS) is 23.9. The molecule has 2 heterocycles. The van der Waals surface area contributed by atoms with Crippen LogP contribution in [0.4, 0.5) is 0 Å². The fraction of sp³-hybridized carbons (Fsp3) is 0.636. The number of aliphatic hydroxyl groups excluding tert-OH is 1. The smallest absolute Gasteiger partial charge is 0.111 e. The van der Waals surface area contributed by atoms with Crippen molar-refractivity contribution < 1.29 is 14.6 Å². The quantitative estimate of drug-likeness (QED) is 0.758. The molecule has 0 bridgehead atoms. The molecule has 0 spiro atoms. The van der Waals surface area contributed by atoms with Crippen LogP contribution in [0.25, 0.3) is 0 Å². The number of hydrogen-bond donors (Lipinski definition) is 2. The zero-order valence-corrected chi connectivity index (χ0v) is 8.89. The van der Waals surface area contributed by atoms with E-state index in [-0.39, 0.29) is 0 Å². The maximum absolute atomic E-state index is 10.3. The zero-order valence-electron chi connectivity index (χ0n) is 8.89. The first kappa shape index (κ1) is 10.7. The van der Waals surface area contributed by atoms with E-state index >= 15 is 0 Å². The molecule has 1 aromatic rings. The van der Waals surface area contributed by atoms with Gasteiger partial charge >= 0.3 is 0 Å². The fourth-order valence-electron chi connectivity index (χ4n) is 2.02. The van der Waals surface area contributed by atoms with E-state index in [0.717, 1.165) is 13.1 Å². The highest BCUT2D eigenvalue weighted by Gasteiger charge is 2.39. The van der Waals surface area contributed by atoms with Crippen LogP contribution in [0.15, 0.2) is 23.0 Å². The van der Waals surface area contributed by atoms with E-state index in [9.17, 15) is 10.2 Å². The molecular weight excluding hydrogens is 194 g/mol. The molecule has 0 amide bonds. The predicted octanol–water partition coefficient (Wildman–Crippen LogP) is 0.770. The molecule has 1 fully saturated rings. The van der Waals surface area contributed by atoms with Crippen molar-refractivity contribution in [3.05, 3.63) is 24.2 Å². The average Bonchev–Trinajstić information content (AvgIpc) is 2.75. The van der Waals surface area contributed by atoms with Crippen molar-refractivity contribution in [1.82, 2.24) is 4.90 Å². The number of hydrogen-bond acceptors (Lipinski definition) is 4. The van der Waals surface area contributed by atoms with Crippen LogP contribution in [-0.4, -0.2) is 40.9 Å². The number of likely N-dealkylation sites (tertiary alicyclic amines) is 1. The Kier molecular flexibility index (Phi) is 2.82. The van der Waals surface area contributed by atoms with Crippen LogP contribution in [0.1, 0.15) is 24.5 Å². The molecule has 0 saturated carbocycles. The largest absolute Gasteiger partial charge is 0.472 e. The lowest BCUT2D eigenvalue weighted by atomic mass is 9.83. The Hall–Kier alpha value is -0.840. The molecule has 2 N–H and O–H groups in total. The van der Waals surface area contributed by atoms with Gasteiger partial charge in [0.15, 0.2) is 0 Å². The second-order valence-electron chi connectivity index (χ2n) is 4.37. The van der Waals surface area contributed by atoms with E-state index in [1.807, 2.05) is 7.05 Å². The second-order valence-corrected chi connectivity index (χ2v) is 4.37. The van der Waals surface area contributed by atoms with Gasteiger partial charge in [-0.25, -0.2) is 0 Å². The van der Waals surface area contributed by atoms with Crippen LogP contribution in [-0.2, 0) is 0 Å². The second kappa shape index (κ2) is 3.96. The lowest BCUT2D eigenvalue weighted by Gasteiger charge is -2.39. The van der Waals surface area contributed by atoms with Gasteiger partial charge in [-0.1, -0.05) is 0 Å². The van der Waals surface area contributed by atoms with Gasteiger partial charge in [0.2, 0.25) is 0 Å². The predicted molar refractivity (Wildman–Crippen MR) is 55.3 cm³/mol. The number of nitrogens with zero attached hydrogens (tertiary/aromatic N) is 1. The van der Waals surface area contributed by atoms with Gasteiger partial charge in [0, 0.05) is 18.7 Å². The van der Waals surface area contributed by atoms with Crippen LogP contribution in [0.3, 0.4) is 0 Å². The van der Waals surface area contributed by atoms with E-state index in [1.165, 1.54) is 12.5 Å². The highest BCUT2D eigenvalue weighted by molar-refractivity contribution is 5.14. The average molecular weight is 211 g/mol. The summed E-state index contributed by atoms with van der Waals surface area (Å²) in [4.78, 5) is 2.15. The SMILES string of the molecule is CN1CCC(O)(C(O)c2ccoc2)CC1. The van der Waals surface area contributed by atoms with Crippen molar-refractivity contribution in [2.24, 2.45) is 0 Å². The Balaban J connectivity index is 2.09. The van der Waals surface area contributed by atoms with Gasteiger partial charge in [-0.15, -0.1) is 0 Å². The maximum Gasteiger partial charge on any atom is 0.111 e. The van der Waals surface area contributed by atoms with Crippen molar-refractivity contribution >= 4 is 0 Å². The summed E-state index contributed by atoms with van der Waals surface area (Å²) >= 11 is 0. The molecule has 0 aromatic carbocycles. The minimum absolute atomic E-state index is 0.593. The van der Waals surface area contributed by atoms with Crippen molar-refractivity contribution in [3.63, 3.8) is 0 Å². The summed E-state index contributed by atoms with van der Waals surface area (Å²) in [5.74, 6) is 0. The number of piperidine rings is 1. The van der Waals surface area contributed by atoms with Crippen molar-refractivity contribution in [1.29, 1.82) is 0 Å². The van der Waals surface area contributed by atoms with Crippen LogP contribution in [0.2, 0.25) is 0 Å². The van der Waals surface area contributed by atoms with Gasteiger partial charge in [0.1, 0.15) is 6.10 Å². The maximum atomic E-state index is 10.3. The van der Waals surface area contributed by atoms with E-state index in [0.29, 0.717) is 18.4 Å². The highest BCUT2D eigenvalue weighted by atomic mass is 16.3. The summed E-state index contributed by atoms with van der Waals surface area (Å²) in [5.41, 5.74) is -0.349. The Bertz CT molecular complexity index is 302. The van der Waals surface area contributed by atoms with Crippen LogP contribution in [0, 0.1) is 0 Å². The summed E-state index contributed by atoms with van der Waals surface area (Å²) in [7, 11) is 2.02. The van der Waals surface area contributed by atoms with Gasteiger partial charge in [-0.2, -0.15) is 0 Å². The minimum atomic E-state index is -1.00. The van der Waals surface area contributed by atoms with Gasteiger partial charge < -0.3 is 19.5 Å². The molecule has 1 atom stereocenters. The van der Waals surface area contributed by atoms with E-state index in [4.69, 9.17) is 4.42 Å². The molecule has 2 rings (SSSR count). The molecule has 0 aliphatic carbocycles. The van der Waals surface area contributed by atoms with E-state index in [2.05, 4.69) is 4.90 Å². The molecule has 1 aliphatic heterocycles. The Labute approximate surface area is 89.1 Å². The molecule has 4 nitrogen and oxygen atoms in total. The van der Waals surface area contributed by atoms with Crippen molar-refractivity contribution in [2.45, 2.75) is 24.5 Å². The molecular formula is C11H17NO3. The standard InChI is InChI=1S/C11H17NO3/c1-12-5-3-11(14,4-6-12)10(13)9-2-7-15-8-9/h2,7-8,10,13-14H,3-6H2,1H3. The van der Waals surface area contributed by atoms with Crippen molar-refractivity contribution in [2.75, 3.05) is 20.1 Å². The zero-order chi connectivity index (χ0) is 10.9. The highest BCUT2D eigenvalue weighted by Crippen LogP contribution is 2.34. The summed E-state index contributed by atoms with van der Waals surface area (Å²) < 4.78 is 4.91. The van der Waals surface area contributed by atoms with Crippen LogP contribution >= 0.6 is 0 Å². The Morgan fingerprint density at radius 2 is 2.13 bits per heavy atom. The summed E-state index contributed by atoms with van der Waals surface area (Å²) in [6.07, 6.45) is 3.34. The first-order valence-corrected chi connectivity index (χ1v) is 5.23. The fourth-order valence-corrected chi connectivity index (χ4v) is 2.02. The summed E-state index contributed by atoms with van der Waals surface area (Å²) in [5, 5.41) is 20.4. The van der Waals surface area contributed by atoms with Gasteiger partial charge in [-0.05, 0) is 26.0 Å². The number of rotatable bonds is 2. The lowest BCUT2D eigenvalue weighted by Crippen LogP contribution is -2.46. The molecule has 1 aromatic heterocycles.